The van der Waals surface area contributed by atoms with Crippen LogP contribution in [0.4, 0.5) is 0 Å². The number of rotatable bonds is 7. The largest absolute Gasteiger partial charge is 0.229 e. The summed E-state index contributed by atoms with van der Waals surface area (Å²) >= 11 is 1.53. The minimum absolute atomic E-state index is 0.662. The molecule has 0 amide bonds. The third kappa shape index (κ3) is 3.51. The number of aromatic nitrogens is 7. The molecule has 2 aromatic heterocycles. The van der Waals surface area contributed by atoms with Gasteiger partial charge in [0.2, 0.25) is 5.16 Å². The van der Waals surface area contributed by atoms with Crippen molar-refractivity contribution in [1.29, 1.82) is 0 Å². The summed E-state index contributed by atoms with van der Waals surface area (Å²) in [6, 6.07) is 9.92. The lowest BCUT2D eigenvalue weighted by molar-refractivity contribution is 0.540. The average molecular weight is 315 g/mol. The van der Waals surface area contributed by atoms with Crippen LogP contribution >= 0.6 is 11.8 Å². The minimum atomic E-state index is 0.662. The van der Waals surface area contributed by atoms with Crippen molar-refractivity contribution in [1.82, 2.24) is 35.0 Å². The van der Waals surface area contributed by atoms with E-state index in [1.807, 2.05) is 35.0 Å². The molecule has 1 aromatic carbocycles. The van der Waals surface area contributed by atoms with Crippen LogP contribution in [0.3, 0.4) is 0 Å². The number of aryl methyl sites for hydroxylation is 1. The first-order valence-corrected chi connectivity index (χ1v) is 8.20. The Kier molecular flexibility index (Phi) is 4.79. The molecule has 22 heavy (non-hydrogen) atoms. The maximum absolute atomic E-state index is 4.46. The zero-order chi connectivity index (χ0) is 15.2. The lowest BCUT2D eigenvalue weighted by atomic mass is 10.3. The van der Waals surface area contributed by atoms with Gasteiger partial charge in [0.1, 0.15) is 6.33 Å². The van der Waals surface area contributed by atoms with Crippen molar-refractivity contribution in [2.45, 2.75) is 37.2 Å². The maximum Gasteiger partial charge on any atom is 0.209 e. The van der Waals surface area contributed by atoms with Gasteiger partial charge in [-0.25, -0.2) is 14.3 Å². The first-order chi connectivity index (χ1) is 10.9. The highest BCUT2D eigenvalue weighted by Gasteiger charge is 2.09. The van der Waals surface area contributed by atoms with Crippen LogP contribution in [0.15, 0.2) is 41.8 Å². The molecular weight excluding hydrogens is 298 g/mol. The third-order valence-corrected chi connectivity index (χ3v) is 4.00. The molecule has 0 N–H and O–H groups in total. The molecule has 0 bridgehead atoms. The fraction of sp³-hybridized carbons (Fsp3) is 0.357. The first kappa shape index (κ1) is 14.7. The van der Waals surface area contributed by atoms with Crippen LogP contribution in [0.25, 0.3) is 5.69 Å². The van der Waals surface area contributed by atoms with Gasteiger partial charge < -0.3 is 0 Å². The van der Waals surface area contributed by atoms with Crippen molar-refractivity contribution in [3.63, 3.8) is 0 Å². The SMILES string of the molecule is CCCCn1nnnc1CSc1ncn(-c2ccccc2)n1. The maximum atomic E-state index is 4.46. The topological polar surface area (TPSA) is 74.3 Å². The number of hydrogen-bond acceptors (Lipinski definition) is 6. The second-order valence-corrected chi connectivity index (χ2v) is 5.71. The Morgan fingerprint density at radius 2 is 2.05 bits per heavy atom. The average Bonchev–Trinajstić information content (AvgIpc) is 3.21. The normalized spacial score (nSPS) is 11.0. The van der Waals surface area contributed by atoms with Crippen LogP contribution in [0.5, 0.6) is 0 Å². The summed E-state index contributed by atoms with van der Waals surface area (Å²) in [5.74, 6) is 1.52. The van der Waals surface area contributed by atoms with Gasteiger partial charge in [-0.15, -0.1) is 10.2 Å². The highest BCUT2D eigenvalue weighted by atomic mass is 32.2. The molecule has 0 atom stereocenters. The Labute approximate surface area is 132 Å². The summed E-state index contributed by atoms with van der Waals surface area (Å²) < 4.78 is 3.62. The second-order valence-electron chi connectivity index (χ2n) is 4.77. The summed E-state index contributed by atoms with van der Waals surface area (Å²) in [7, 11) is 0. The Morgan fingerprint density at radius 3 is 2.86 bits per heavy atom. The van der Waals surface area contributed by atoms with Gasteiger partial charge in [-0.05, 0) is 29.0 Å². The van der Waals surface area contributed by atoms with Gasteiger partial charge in [-0.3, -0.25) is 0 Å². The zero-order valence-electron chi connectivity index (χ0n) is 12.3. The van der Waals surface area contributed by atoms with E-state index in [0.717, 1.165) is 30.9 Å². The molecular formula is C14H17N7S. The Hall–Kier alpha value is -2.22. The molecule has 3 rings (SSSR count). The Bertz CT molecular complexity index is 707. The number of nitrogens with zero attached hydrogens (tertiary/aromatic N) is 7. The third-order valence-electron chi connectivity index (χ3n) is 3.15. The molecule has 0 fully saturated rings. The summed E-state index contributed by atoms with van der Waals surface area (Å²) in [6.07, 6.45) is 3.91. The second kappa shape index (κ2) is 7.17. The van der Waals surface area contributed by atoms with E-state index in [4.69, 9.17) is 0 Å². The van der Waals surface area contributed by atoms with Crippen LogP contribution in [-0.4, -0.2) is 35.0 Å². The van der Waals surface area contributed by atoms with Gasteiger partial charge >= 0.3 is 0 Å². The molecule has 2 heterocycles. The van der Waals surface area contributed by atoms with E-state index in [2.05, 4.69) is 32.5 Å². The predicted octanol–water partition coefficient (Wildman–Crippen LogP) is 2.35. The van der Waals surface area contributed by atoms with Crippen molar-refractivity contribution in [2.24, 2.45) is 0 Å². The van der Waals surface area contributed by atoms with Crippen molar-refractivity contribution >= 4 is 11.8 Å². The molecule has 0 unspecified atom stereocenters. The van der Waals surface area contributed by atoms with E-state index >= 15 is 0 Å². The van der Waals surface area contributed by atoms with E-state index in [9.17, 15) is 0 Å². The van der Waals surface area contributed by atoms with Crippen molar-refractivity contribution in [2.75, 3.05) is 0 Å². The lowest BCUT2D eigenvalue weighted by Gasteiger charge is -2.01. The smallest absolute Gasteiger partial charge is 0.209 e. The molecule has 114 valence electrons. The van der Waals surface area contributed by atoms with Gasteiger partial charge in [-0.2, -0.15) is 0 Å². The molecule has 0 aliphatic carbocycles. The van der Waals surface area contributed by atoms with Crippen LogP contribution in [0, 0.1) is 0 Å². The number of thioether (sulfide) groups is 1. The molecule has 3 aromatic rings. The predicted molar refractivity (Wildman–Crippen MR) is 83.6 cm³/mol. The Morgan fingerprint density at radius 1 is 1.18 bits per heavy atom. The minimum Gasteiger partial charge on any atom is -0.229 e. The van der Waals surface area contributed by atoms with Gasteiger partial charge in [-0.1, -0.05) is 43.3 Å². The fourth-order valence-electron chi connectivity index (χ4n) is 1.96. The molecule has 7 nitrogen and oxygen atoms in total. The lowest BCUT2D eigenvalue weighted by Crippen LogP contribution is -2.05. The number of tetrazole rings is 1. The van der Waals surface area contributed by atoms with Gasteiger partial charge in [0, 0.05) is 6.54 Å². The van der Waals surface area contributed by atoms with E-state index < -0.39 is 0 Å². The number of unbranched alkanes of at least 4 members (excludes halogenated alkanes) is 1. The fourth-order valence-corrected chi connectivity index (χ4v) is 2.69. The van der Waals surface area contributed by atoms with Crippen LogP contribution < -0.4 is 0 Å². The molecule has 0 radical (unpaired) electrons. The summed E-state index contributed by atoms with van der Waals surface area (Å²) in [5.41, 5.74) is 0.995. The van der Waals surface area contributed by atoms with Crippen molar-refractivity contribution < 1.29 is 0 Å². The summed E-state index contributed by atoms with van der Waals surface area (Å²) in [4.78, 5) is 4.32. The molecule has 0 aliphatic rings. The quantitative estimate of drug-likeness (QED) is 0.623. The molecule has 0 saturated carbocycles. The first-order valence-electron chi connectivity index (χ1n) is 7.21. The van der Waals surface area contributed by atoms with Crippen molar-refractivity contribution in [3.05, 3.63) is 42.5 Å². The standard InChI is InChI=1S/C14H17N7S/c1-2-3-9-20-13(16-18-19-20)10-22-14-15-11-21(17-14)12-7-5-4-6-8-12/h4-8,11H,2-3,9-10H2,1H3. The number of hydrogen-bond donors (Lipinski definition) is 0. The summed E-state index contributed by atoms with van der Waals surface area (Å²) in [5, 5.41) is 17.0. The van der Waals surface area contributed by atoms with E-state index in [1.54, 1.807) is 11.0 Å². The monoisotopic (exact) mass is 315 g/mol. The molecule has 0 spiro atoms. The van der Waals surface area contributed by atoms with Crippen LogP contribution in [0.2, 0.25) is 0 Å². The van der Waals surface area contributed by atoms with Crippen LogP contribution in [0.1, 0.15) is 25.6 Å². The number of para-hydroxylation sites is 1. The Balaban J connectivity index is 1.63. The van der Waals surface area contributed by atoms with Gasteiger partial charge in [0.05, 0.1) is 11.4 Å². The highest BCUT2D eigenvalue weighted by Crippen LogP contribution is 2.18. The summed E-state index contributed by atoms with van der Waals surface area (Å²) in [6.45, 7) is 3.00. The zero-order valence-corrected chi connectivity index (χ0v) is 13.1. The highest BCUT2D eigenvalue weighted by molar-refractivity contribution is 7.98. The van der Waals surface area contributed by atoms with E-state index in [1.165, 1.54) is 11.8 Å². The van der Waals surface area contributed by atoms with Crippen molar-refractivity contribution in [3.8, 4) is 5.69 Å². The molecule has 8 heteroatoms. The van der Waals surface area contributed by atoms with Gasteiger partial charge in [0.25, 0.3) is 0 Å². The van der Waals surface area contributed by atoms with Gasteiger partial charge in [0.15, 0.2) is 5.82 Å². The molecule has 0 saturated heterocycles. The number of benzene rings is 1. The van der Waals surface area contributed by atoms with E-state index in [-0.39, 0.29) is 0 Å². The van der Waals surface area contributed by atoms with E-state index in [0.29, 0.717) is 10.9 Å². The van der Waals surface area contributed by atoms with Crippen LogP contribution in [-0.2, 0) is 12.3 Å². The molecule has 0 aliphatic heterocycles.